The van der Waals surface area contributed by atoms with Crippen molar-refractivity contribution in [3.05, 3.63) is 0 Å². The molecule has 2 aliphatic rings. The van der Waals surface area contributed by atoms with Crippen molar-refractivity contribution in [3.8, 4) is 0 Å². The van der Waals surface area contributed by atoms with E-state index in [1.807, 2.05) is 0 Å². The first kappa shape index (κ1) is 33.0. The van der Waals surface area contributed by atoms with Crippen molar-refractivity contribution in [2.24, 2.45) is 17.8 Å². The number of alkyl carbamates (subject to hydrolysis) is 1. The molecule has 1 aliphatic heterocycles. The second kappa shape index (κ2) is 14.2. The van der Waals surface area contributed by atoms with Gasteiger partial charge in [0.1, 0.15) is 16.2 Å². The van der Waals surface area contributed by atoms with E-state index in [-0.39, 0.29) is 92.4 Å². The molecule has 0 bridgehead atoms. The van der Waals surface area contributed by atoms with Crippen LogP contribution < -0.4 is 45.5 Å². The minimum Gasteiger partial charge on any atom is -0.746 e. The molecular formula is C21H34F2N3NaO8S. The predicted octanol–water partition coefficient (Wildman–Crippen LogP) is -2.17. The molecule has 1 unspecified atom stereocenters. The molecule has 0 aromatic rings. The maximum absolute atomic E-state index is 13.3. The summed E-state index contributed by atoms with van der Waals surface area (Å²) >= 11 is 0. The topological polar surface area (TPSA) is 174 Å². The Morgan fingerprint density at radius 3 is 2.33 bits per heavy atom. The van der Waals surface area contributed by atoms with Crippen molar-refractivity contribution in [2.75, 3.05) is 13.2 Å². The molecule has 1 heterocycles. The number of rotatable bonds is 11. The van der Waals surface area contributed by atoms with Crippen LogP contribution in [0.3, 0.4) is 0 Å². The molecule has 0 spiro atoms. The van der Waals surface area contributed by atoms with E-state index < -0.39 is 51.5 Å². The molecule has 1 saturated heterocycles. The van der Waals surface area contributed by atoms with Crippen LogP contribution in [0.25, 0.3) is 0 Å². The van der Waals surface area contributed by atoms with Crippen LogP contribution >= 0.6 is 0 Å². The molecule has 4 atom stereocenters. The van der Waals surface area contributed by atoms with E-state index in [4.69, 9.17) is 4.74 Å². The van der Waals surface area contributed by atoms with Gasteiger partial charge in [0.2, 0.25) is 17.7 Å². The average Bonchev–Trinajstić information content (AvgIpc) is 3.14. The summed E-state index contributed by atoms with van der Waals surface area (Å²) in [6.45, 7) is 3.79. The Morgan fingerprint density at radius 1 is 1.22 bits per heavy atom. The Hall–Kier alpha value is -1.06. The number of hydrogen-bond acceptors (Lipinski definition) is 8. The van der Waals surface area contributed by atoms with E-state index >= 15 is 0 Å². The summed E-state index contributed by atoms with van der Waals surface area (Å²) in [7, 11) is -5.21. The van der Waals surface area contributed by atoms with Crippen LogP contribution in [0.1, 0.15) is 58.8 Å². The van der Waals surface area contributed by atoms with E-state index in [2.05, 4.69) is 16.0 Å². The molecule has 4 N–H and O–H groups in total. The fourth-order valence-electron chi connectivity index (χ4n) is 4.25. The maximum Gasteiger partial charge on any atom is 1.00 e. The zero-order valence-electron chi connectivity index (χ0n) is 20.8. The smallest absolute Gasteiger partial charge is 0.746 e. The minimum atomic E-state index is -5.21. The number of aliphatic hydroxyl groups excluding tert-OH is 1. The Bertz CT molecular complexity index is 867. The number of nitrogens with one attached hydrogen (secondary N) is 3. The van der Waals surface area contributed by atoms with Gasteiger partial charge in [0, 0.05) is 25.3 Å². The predicted molar refractivity (Wildman–Crippen MR) is 118 cm³/mol. The van der Waals surface area contributed by atoms with Crippen LogP contribution in [0.2, 0.25) is 0 Å². The van der Waals surface area contributed by atoms with Crippen LogP contribution in [0, 0.1) is 17.8 Å². The largest absolute Gasteiger partial charge is 1.00 e. The van der Waals surface area contributed by atoms with Crippen LogP contribution in [0.4, 0.5) is 13.6 Å². The van der Waals surface area contributed by atoms with Crippen molar-refractivity contribution in [1.82, 2.24) is 16.0 Å². The standard InChI is InChI=1S/C21H35F2N3O8S.Na/c1-12(2)9-15(26-20(30)34-11-13-3-6-21(22,23)7-4-13)18(28)25-16(19(29)35(31,32)33)10-14-5-8-24-17(14)27;/h12-16,19,29H,3-11H2,1-2H3,(H,24,27)(H,25,28)(H,26,30)(H,31,32,33);/q;+1/p-1/t14-,15+,16+,19?;/m1./s1. The molecule has 0 radical (unpaired) electrons. The third-order valence-electron chi connectivity index (χ3n) is 6.27. The summed E-state index contributed by atoms with van der Waals surface area (Å²) in [5.41, 5.74) is -2.49. The zero-order valence-corrected chi connectivity index (χ0v) is 23.6. The Morgan fingerprint density at radius 2 is 1.83 bits per heavy atom. The quantitative estimate of drug-likeness (QED) is 0.166. The van der Waals surface area contributed by atoms with Crippen molar-refractivity contribution in [3.63, 3.8) is 0 Å². The number of carbonyl (C=O) groups excluding carboxylic acids is 3. The maximum atomic E-state index is 13.3. The first-order chi connectivity index (χ1) is 16.2. The summed E-state index contributed by atoms with van der Waals surface area (Å²) in [6, 6.07) is -2.77. The van der Waals surface area contributed by atoms with Gasteiger partial charge in [0.05, 0.1) is 12.6 Å². The van der Waals surface area contributed by atoms with Gasteiger partial charge in [0.25, 0.3) is 0 Å². The zero-order chi connectivity index (χ0) is 26.4. The third-order valence-corrected chi connectivity index (χ3v) is 7.19. The first-order valence-corrected chi connectivity index (χ1v) is 13.2. The molecule has 0 aromatic carbocycles. The number of halogens is 2. The average molecular weight is 550 g/mol. The summed E-state index contributed by atoms with van der Waals surface area (Å²) in [6.07, 6.45) is -0.948. The van der Waals surface area contributed by atoms with Crippen LogP contribution in [0.15, 0.2) is 0 Å². The van der Waals surface area contributed by atoms with Gasteiger partial charge in [0.15, 0.2) is 5.44 Å². The van der Waals surface area contributed by atoms with Gasteiger partial charge < -0.3 is 30.3 Å². The third kappa shape index (κ3) is 10.7. The van der Waals surface area contributed by atoms with Gasteiger partial charge in [-0.3, -0.25) is 9.59 Å². The number of carbonyl (C=O) groups is 3. The first-order valence-electron chi connectivity index (χ1n) is 11.7. The molecule has 202 valence electrons. The van der Waals surface area contributed by atoms with E-state index in [9.17, 15) is 41.2 Å². The molecule has 36 heavy (non-hydrogen) atoms. The van der Waals surface area contributed by atoms with E-state index in [0.717, 1.165) is 0 Å². The van der Waals surface area contributed by atoms with Gasteiger partial charge >= 0.3 is 35.7 Å². The van der Waals surface area contributed by atoms with Gasteiger partial charge in [-0.15, -0.1) is 0 Å². The molecule has 2 rings (SSSR count). The molecule has 2 fully saturated rings. The molecule has 1 saturated carbocycles. The number of hydrogen-bond donors (Lipinski definition) is 4. The Balaban J connectivity index is 0.00000648. The molecule has 3 amide bonds. The second-order valence-corrected chi connectivity index (χ2v) is 11.2. The minimum absolute atomic E-state index is 0. The second-order valence-electron chi connectivity index (χ2n) is 9.74. The monoisotopic (exact) mass is 549 g/mol. The normalized spacial score (nSPS) is 22.6. The summed E-state index contributed by atoms with van der Waals surface area (Å²) in [5.74, 6) is -4.99. The van der Waals surface area contributed by atoms with Crippen LogP contribution in [-0.2, 0) is 24.4 Å². The molecular weight excluding hydrogens is 515 g/mol. The Labute approximate surface area is 231 Å². The number of aliphatic hydroxyl groups is 1. The van der Waals surface area contributed by atoms with Crippen molar-refractivity contribution in [2.45, 2.75) is 82.2 Å². The number of amides is 3. The van der Waals surface area contributed by atoms with E-state index in [1.54, 1.807) is 13.8 Å². The van der Waals surface area contributed by atoms with Gasteiger partial charge in [-0.25, -0.2) is 22.0 Å². The van der Waals surface area contributed by atoms with Crippen LogP contribution in [-0.4, -0.2) is 72.6 Å². The Kier molecular flexibility index (Phi) is 13.0. The van der Waals surface area contributed by atoms with Gasteiger partial charge in [-0.1, -0.05) is 13.8 Å². The van der Waals surface area contributed by atoms with Gasteiger partial charge in [-0.05, 0) is 43.9 Å². The summed E-state index contributed by atoms with van der Waals surface area (Å²) in [5, 5.41) is 17.3. The summed E-state index contributed by atoms with van der Waals surface area (Å²) < 4.78 is 65.9. The fourth-order valence-corrected chi connectivity index (χ4v) is 4.84. The molecule has 1 aliphatic carbocycles. The van der Waals surface area contributed by atoms with Crippen molar-refractivity contribution < 1.29 is 75.5 Å². The van der Waals surface area contributed by atoms with Crippen LogP contribution in [0.5, 0.6) is 0 Å². The van der Waals surface area contributed by atoms with Gasteiger partial charge in [-0.2, -0.15) is 0 Å². The summed E-state index contributed by atoms with van der Waals surface area (Å²) in [4.78, 5) is 37.1. The van der Waals surface area contributed by atoms with E-state index in [1.165, 1.54) is 0 Å². The number of ether oxygens (including phenoxy) is 1. The molecule has 0 aromatic heterocycles. The fraction of sp³-hybridized carbons (Fsp3) is 0.857. The van der Waals surface area contributed by atoms with Crippen molar-refractivity contribution >= 4 is 28.0 Å². The van der Waals surface area contributed by atoms with Crippen molar-refractivity contribution in [1.29, 1.82) is 0 Å². The van der Waals surface area contributed by atoms with E-state index in [0.29, 0.717) is 13.0 Å². The number of alkyl halides is 2. The SMILES string of the molecule is CC(C)C[C@H](NC(=O)OCC1CCC(F)(F)CC1)C(=O)N[C@@H](C[C@H]1CCNC1=O)C(O)S(=O)(=O)[O-].[Na+]. The molecule has 15 heteroatoms. The molecule has 11 nitrogen and oxygen atoms in total.